The molecule has 0 spiro atoms. The third kappa shape index (κ3) is 3.27. The van der Waals surface area contributed by atoms with Crippen LogP contribution in [-0.4, -0.2) is 13.6 Å². The van der Waals surface area contributed by atoms with E-state index in [0.29, 0.717) is 5.92 Å². The van der Waals surface area contributed by atoms with Crippen LogP contribution in [0.4, 0.5) is 0 Å². The van der Waals surface area contributed by atoms with Gasteiger partial charge in [0.15, 0.2) is 0 Å². The summed E-state index contributed by atoms with van der Waals surface area (Å²) in [6.45, 7) is 3.45. The molecule has 1 aromatic carbocycles. The Morgan fingerprint density at radius 3 is 2.56 bits per heavy atom. The number of nitrogens with one attached hydrogen (secondary N) is 1. The number of hydrogen-bond donors (Lipinski definition) is 1. The van der Waals surface area contributed by atoms with Crippen LogP contribution in [0.15, 0.2) is 24.3 Å². The highest BCUT2D eigenvalue weighted by atomic mass is 35.5. The van der Waals surface area contributed by atoms with Crippen molar-refractivity contribution in [2.45, 2.75) is 38.5 Å². The minimum Gasteiger partial charge on any atom is -0.319 e. The van der Waals surface area contributed by atoms with E-state index in [4.69, 9.17) is 11.6 Å². The lowest BCUT2D eigenvalue weighted by Crippen LogP contribution is -2.30. The first kappa shape index (κ1) is 13.9. The van der Waals surface area contributed by atoms with Gasteiger partial charge >= 0.3 is 0 Å². The van der Waals surface area contributed by atoms with E-state index < -0.39 is 0 Å². The third-order valence-corrected chi connectivity index (χ3v) is 4.70. The smallest absolute Gasteiger partial charge is 0.0406 e. The average Bonchev–Trinajstić information content (AvgIpc) is 2.40. The Balaban J connectivity index is 2.15. The van der Waals surface area contributed by atoms with E-state index in [-0.39, 0.29) is 0 Å². The average molecular weight is 266 g/mol. The van der Waals surface area contributed by atoms with Gasteiger partial charge in [0.25, 0.3) is 0 Å². The molecule has 3 atom stereocenters. The van der Waals surface area contributed by atoms with Gasteiger partial charge in [0.05, 0.1) is 0 Å². The summed E-state index contributed by atoms with van der Waals surface area (Å²) in [6.07, 6.45) is 5.40. The Morgan fingerprint density at radius 1 is 1.22 bits per heavy atom. The molecule has 3 unspecified atom stereocenters. The summed E-state index contributed by atoms with van der Waals surface area (Å²) in [5.41, 5.74) is 1.47. The van der Waals surface area contributed by atoms with Crippen LogP contribution in [-0.2, 0) is 0 Å². The van der Waals surface area contributed by atoms with Crippen molar-refractivity contribution in [1.29, 1.82) is 0 Å². The Kier molecular flexibility index (Phi) is 5.08. The summed E-state index contributed by atoms with van der Waals surface area (Å²) in [6, 6.07) is 8.49. The molecule has 0 aliphatic heterocycles. The molecule has 1 fully saturated rings. The standard InChI is InChI=1S/C16H24ClN/c1-3-12-4-5-14(11-18-2)16(10-12)13-6-8-15(17)9-7-13/h6-9,12,14,16,18H,3-5,10-11H2,1-2H3. The maximum absolute atomic E-state index is 5.99. The molecule has 0 bridgehead atoms. The minimum atomic E-state index is 0.702. The molecule has 0 amide bonds. The molecule has 100 valence electrons. The van der Waals surface area contributed by atoms with Gasteiger partial charge in [0, 0.05) is 5.02 Å². The molecule has 0 heterocycles. The van der Waals surface area contributed by atoms with Crippen LogP contribution < -0.4 is 5.32 Å². The third-order valence-electron chi connectivity index (χ3n) is 4.44. The first-order valence-electron chi connectivity index (χ1n) is 7.14. The van der Waals surface area contributed by atoms with Gasteiger partial charge < -0.3 is 5.32 Å². The molecule has 1 aliphatic carbocycles. The van der Waals surface area contributed by atoms with Gasteiger partial charge in [-0.05, 0) is 61.9 Å². The molecule has 1 N–H and O–H groups in total. The minimum absolute atomic E-state index is 0.702. The molecule has 1 saturated carbocycles. The fourth-order valence-corrected chi connectivity index (χ4v) is 3.44. The van der Waals surface area contributed by atoms with Crippen molar-refractivity contribution in [2.24, 2.45) is 11.8 Å². The van der Waals surface area contributed by atoms with Crippen molar-refractivity contribution in [3.63, 3.8) is 0 Å². The molecule has 0 aromatic heterocycles. The highest BCUT2D eigenvalue weighted by Crippen LogP contribution is 2.41. The zero-order valence-corrected chi connectivity index (χ0v) is 12.2. The Bertz CT molecular complexity index is 360. The van der Waals surface area contributed by atoms with Gasteiger partial charge in [-0.15, -0.1) is 0 Å². The molecule has 2 rings (SSSR count). The summed E-state index contributed by atoms with van der Waals surface area (Å²) in [4.78, 5) is 0. The second-order valence-corrected chi connectivity index (χ2v) is 6.00. The second-order valence-electron chi connectivity index (χ2n) is 5.56. The fraction of sp³-hybridized carbons (Fsp3) is 0.625. The summed E-state index contributed by atoms with van der Waals surface area (Å²) < 4.78 is 0. The van der Waals surface area contributed by atoms with E-state index in [0.717, 1.165) is 23.4 Å². The van der Waals surface area contributed by atoms with Crippen molar-refractivity contribution in [2.75, 3.05) is 13.6 Å². The number of benzene rings is 1. The quantitative estimate of drug-likeness (QED) is 0.847. The maximum atomic E-state index is 5.99. The highest BCUT2D eigenvalue weighted by Gasteiger charge is 2.30. The van der Waals surface area contributed by atoms with Crippen LogP contribution >= 0.6 is 11.6 Å². The summed E-state index contributed by atoms with van der Waals surface area (Å²) >= 11 is 5.99. The first-order valence-corrected chi connectivity index (χ1v) is 7.52. The molecule has 1 aromatic rings. The number of halogens is 1. The lowest BCUT2D eigenvalue weighted by Gasteiger charge is -2.36. The van der Waals surface area contributed by atoms with E-state index in [1.807, 2.05) is 12.1 Å². The van der Waals surface area contributed by atoms with E-state index in [2.05, 4.69) is 31.4 Å². The predicted octanol–water partition coefficient (Wildman–Crippen LogP) is 4.47. The largest absolute Gasteiger partial charge is 0.319 e. The van der Waals surface area contributed by atoms with E-state index >= 15 is 0 Å². The lowest BCUT2D eigenvalue weighted by atomic mass is 9.70. The van der Waals surface area contributed by atoms with Gasteiger partial charge in [-0.3, -0.25) is 0 Å². The molecule has 0 saturated heterocycles. The summed E-state index contributed by atoms with van der Waals surface area (Å²) in [5, 5.41) is 4.19. The van der Waals surface area contributed by atoms with Crippen LogP contribution in [0, 0.1) is 11.8 Å². The van der Waals surface area contributed by atoms with Crippen molar-refractivity contribution in [3.8, 4) is 0 Å². The lowest BCUT2D eigenvalue weighted by molar-refractivity contribution is 0.228. The fourth-order valence-electron chi connectivity index (χ4n) is 3.32. The van der Waals surface area contributed by atoms with Crippen LogP contribution in [0.3, 0.4) is 0 Å². The monoisotopic (exact) mass is 265 g/mol. The Labute approximate surface area is 116 Å². The predicted molar refractivity (Wildman–Crippen MR) is 79.2 cm³/mol. The normalized spacial score (nSPS) is 28.3. The van der Waals surface area contributed by atoms with Crippen LogP contribution in [0.25, 0.3) is 0 Å². The summed E-state index contributed by atoms with van der Waals surface area (Å²) in [5.74, 6) is 2.38. The molecule has 2 heteroatoms. The Hall–Kier alpha value is -0.530. The highest BCUT2D eigenvalue weighted by molar-refractivity contribution is 6.30. The van der Waals surface area contributed by atoms with Gasteiger partial charge in [-0.2, -0.15) is 0 Å². The van der Waals surface area contributed by atoms with Crippen LogP contribution in [0.5, 0.6) is 0 Å². The van der Waals surface area contributed by atoms with Crippen molar-refractivity contribution in [3.05, 3.63) is 34.9 Å². The topological polar surface area (TPSA) is 12.0 Å². The van der Waals surface area contributed by atoms with Gasteiger partial charge in [-0.25, -0.2) is 0 Å². The van der Waals surface area contributed by atoms with Gasteiger partial charge in [0.2, 0.25) is 0 Å². The molecular weight excluding hydrogens is 242 g/mol. The van der Waals surface area contributed by atoms with Crippen LogP contribution in [0.1, 0.15) is 44.1 Å². The van der Waals surface area contributed by atoms with Crippen molar-refractivity contribution >= 4 is 11.6 Å². The maximum Gasteiger partial charge on any atom is 0.0406 e. The Morgan fingerprint density at radius 2 is 1.94 bits per heavy atom. The van der Waals surface area contributed by atoms with Gasteiger partial charge in [-0.1, -0.05) is 43.5 Å². The van der Waals surface area contributed by atoms with Gasteiger partial charge in [0.1, 0.15) is 0 Å². The van der Waals surface area contributed by atoms with E-state index in [9.17, 15) is 0 Å². The molecule has 0 radical (unpaired) electrons. The zero-order valence-electron chi connectivity index (χ0n) is 11.5. The number of rotatable bonds is 4. The molecule has 1 nitrogen and oxygen atoms in total. The second kappa shape index (κ2) is 6.58. The first-order chi connectivity index (χ1) is 8.74. The van der Waals surface area contributed by atoms with E-state index in [1.165, 1.54) is 31.2 Å². The molecule has 1 aliphatic rings. The van der Waals surface area contributed by atoms with Crippen molar-refractivity contribution < 1.29 is 0 Å². The summed E-state index contributed by atoms with van der Waals surface area (Å²) in [7, 11) is 2.06. The van der Waals surface area contributed by atoms with Crippen LogP contribution in [0.2, 0.25) is 5.02 Å². The molecular formula is C16H24ClN. The van der Waals surface area contributed by atoms with Crippen molar-refractivity contribution in [1.82, 2.24) is 5.32 Å². The SMILES string of the molecule is CCC1CCC(CNC)C(c2ccc(Cl)cc2)C1. The molecule has 18 heavy (non-hydrogen) atoms. The zero-order chi connectivity index (χ0) is 13.0. The number of hydrogen-bond acceptors (Lipinski definition) is 1. The van der Waals surface area contributed by atoms with E-state index in [1.54, 1.807) is 0 Å².